The molecule has 128 valence electrons. The number of hydrogen-bond acceptors (Lipinski definition) is 3. The topological polar surface area (TPSA) is 66.6 Å². The van der Waals surface area contributed by atoms with Crippen LogP contribution in [0.4, 0.5) is 4.79 Å². The lowest BCUT2D eigenvalue weighted by Gasteiger charge is -2.40. The van der Waals surface area contributed by atoms with Crippen LogP contribution in [-0.2, 0) is 4.79 Å². The summed E-state index contributed by atoms with van der Waals surface area (Å²) in [5, 5.41) is 0. The molecule has 2 N–H and O–H groups in total. The Balaban J connectivity index is 2.59. The lowest BCUT2D eigenvalue weighted by Crippen LogP contribution is -2.61. The average molecular weight is 327 g/mol. The molecular formula is C19H25N3O2. The van der Waals surface area contributed by atoms with Gasteiger partial charge in [-0.15, -0.1) is 0 Å². The van der Waals surface area contributed by atoms with Gasteiger partial charge in [0.25, 0.3) is 5.91 Å². The number of carbonyl (C=O) groups excluding carboxylic acids is 2. The highest BCUT2D eigenvalue weighted by Gasteiger charge is 2.41. The van der Waals surface area contributed by atoms with E-state index in [0.717, 1.165) is 12.0 Å². The molecule has 0 radical (unpaired) electrons. The third kappa shape index (κ3) is 3.26. The van der Waals surface area contributed by atoms with E-state index >= 15 is 0 Å². The molecule has 1 heterocycles. The molecule has 0 aromatic heterocycles. The Morgan fingerprint density at radius 2 is 1.79 bits per heavy atom. The number of rotatable bonds is 6. The van der Waals surface area contributed by atoms with Crippen molar-refractivity contribution in [2.24, 2.45) is 5.73 Å². The van der Waals surface area contributed by atoms with Crippen LogP contribution in [0.25, 0.3) is 5.57 Å². The molecule has 0 saturated carbocycles. The second kappa shape index (κ2) is 7.93. The first kappa shape index (κ1) is 17.9. The van der Waals surface area contributed by atoms with E-state index in [1.54, 1.807) is 11.0 Å². The Kier molecular flexibility index (Phi) is 5.93. The van der Waals surface area contributed by atoms with Gasteiger partial charge in [0.05, 0.1) is 5.57 Å². The predicted octanol–water partition coefficient (Wildman–Crippen LogP) is 3.00. The van der Waals surface area contributed by atoms with Gasteiger partial charge < -0.3 is 10.6 Å². The first-order valence-corrected chi connectivity index (χ1v) is 8.36. The molecule has 2 rings (SSSR count). The third-order valence-electron chi connectivity index (χ3n) is 4.07. The summed E-state index contributed by atoms with van der Waals surface area (Å²) in [6.07, 6.45) is 2.36. The Hall–Kier alpha value is -2.40. The minimum Gasteiger partial charge on any atom is -0.307 e. The van der Waals surface area contributed by atoms with Gasteiger partial charge in [0.1, 0.15) is 6.17 Å². The van der Waals surface area contributed by atoms with Gasteiger partial charge in [-0.05, 0) is 24.0 Å². The molecule has 5 heteroatoms. The standard InChI is InChI=1S/C19H25N3O2/c1-4-12-21-17(20)16(18(23)22(13-5-2)19(21)24)15(6-3)14-10-8-7-9-11-14/h6-11,17H,3-5,12-13,20H2,1-2H3/b16-15+. The maximum absolute atomic E-state index is 13.0. The highest BCUT2D eigenvalue weighted by Crippen LogP contribution is 2.28. The van der Waals surface area contributed by atoms with Crippen molar-refractivity contribution < 1.29 is 9.59 Å². The summed E-state index contributed by atoms with van der Waals surface area (Å²) in [7, 11) is 0. The van der Waals surface area contributed by atoms with Crippen LogP contribution < -0.4 is 5.73 Å². The molecular weight excluding hydrogens is 302 g/mol. The number of hydrogen-bond donors (Lipinski definition) is 1. The third-order valence-corrected chi connectivity index (χ3v) is 4.07. The molecule has 1 aliphatic heterocycles. The first-order chi connectivity index (χ1) is 11.6. The molecule has 24 heavy (non-hydrogen) atoms. The summed E-state index contributed by atoms with van der Waals surface area (Å²) in [5.41, 5.74) is 8.29. The van der Waals surface area contributed by atoms with Crippen LogP contribution in [0.15, 0.2) is 48.6 Å². The van der Waals surface area contributed by atoms with E-state index in [1.807, 2.05) is 44.2 Å². The number of imide groups is 1. The van der Waals surface area contributed by atoms with Gasteiger partial charge in [-0.3, -0.25) is 9.69 Å². The zero-order chi connectivity index (χ0) is 17.7. The SMILES string of the molecule is C=C/C(=C1\C(=O)N(CCC)C(=O)N(CCC)C1N)c1ccccc1. The van der Waals surface area contributed by atoms with Crippen molar-refractivity contribution in [2.45, 2.75) is 32.9 Å². The molecule has 1 atom stereocenters. The summed E-state index contributed by atoms with van der Waals surface area (Å²) in [4.78, 5) is 28.4. The Morgan fingerprint density at radius 1 is 1.17 bits per heavy atom. The fraction of sp³-hybridized carbons (Fsp3) is 0.368. The Bertz CT molecular complexity index is 652. The highest BCUT2D eigenvalue weighted by atomic mass is 16.2. The quantitative estimate of drug-likeness (QED) is 0.817. The van der Waals surface area contributed by atoms with Crippen LogP contribution in [-0.4, -0.2) is 41.0 Å². The minimum atomic E-state index is -0.758. The van der Waals surface area contributed by atoms with E-state index in [1.165, 1.54) is 4.90 Å². The van der Waals surface area contributed by atoms with Crippen molar-refractivity contribution in [3.8, 4) is 0 Å². The summed E-state index contributed by atoms with van der Waals surface area (Å²) in [5.74, 6) is -0.319. The van der Waals surface area contributed by atoms with Crippen molar-refractivity contribution in [2.75, 3.05) is 13.1 Å². The number of carbonyl (C=O) groups is 2. The number of amides is 3. The van der Waals surface area contributed by atoms with Crippen LogP contribution in [0.1, 0.15) is 32.3 Å². The van der Waals surface area contributed by atoms with Gasteiger partial charge in [0.15, 0.2) is 0 Å². The predicted molar refractivity (Wildman–Crippen MR) is 95.9 cm³/mol. The lowest BCUT2D eigenvalue weighted by molar-refractivity contribution is -0.127. The average Bonchev–Trinajstić information content (AvgIpc) is 2.60. The summed E-state index contributed by atoms with van der Waals surface area (Å²) >= 11 is 0. The van der Waals surface area contributed by atoms with E-state index < -0.39 is 6.17 Å². The fourth-order valence-electron chi connectivity index (χ4n) is 2.96. The summed E-state index contributed by atoms with van der Waals surface area (Å²) < 4.78 is 0. The van der Waals surface area contributed by atoms with Gasteiger partial charge in [-0.1, -0.05) is 56.8 Å². The largest absolute Gasteiger partial charge is 0.328 e. The molecule has 1 aliphatic rings. The molecule has 1 fully saturated rings. The normalized spacial score (nSPS) is 20.4. The van der Waals surface area contributed by atoms with Gasteiger partial charge in [0, 0.05) is 13.1 Å². The smallest absolute Gasteiger partial charge is 0.307 e. The maximum atomic E-state index is 13.0. The zero-order valence-electron chi connectivity index (χ0n) is 14.4. The second-order valence-electron chi connectivity index (χ2n) is 5.78. The van der Waals surface area contributed by atoms with Gasteiger partial charge >= 0.3 is 6.03 Å². The van der Waals surface area contributed by atoms with Crippen LogP contribution >= 0.6 is 0 Å². The molecule has 1 unspecified atom stereocenters. The van der Waals surface area contributed by atoms with Crippen molar-refractivity contribution in [1.82, 2.24) is 9.80 Å². The van der Waals surface area contributed by atoms with Crippen LogP contribution in [0.2, 0.25) is 0 Å². The Morgan fingerprint density at radius 3 is 2.33 bits per heavy atom. The molecule has 1 saturated heterocycles. The number of nitrogens with zero attached hydrogens (tertiary/aromatic N) is 2. The molecule has 1 aromatic carbocycles. The fourth-order valence-corrected chi connectivity index (χ4v) is 2.96. The van der Waals surface area contributed by atoms with E-state index in [9.17, 15) is 9.59 Å². The Labute approximate surface area is 143 Å². The van der Waals surface area contributed by atoms with E-state index in [2.05, 4.69) is 6.58 Å². The molecule has 0 spiro atoms. The zero-order valence-corrected chi connectivity index (χ0v) is 14.4. The van der Waals surface area contributed by atoms with Crippen molar-refractivity contribution in [3.05, 3.63) is 54.1 Å². The maximum Gasteiger partial charge on any atom is 0.328 e. The van der Waals surface area contributed by atoms with E-state index in [4.69, 9.17) is 5.73 Å². The number of nitrogens with two attached hydrogens (primary N) is 1. The van der Waals surface area contributed by atoms with Crippen molar-refractivity contribution in [3.63, 3.8) is 0 Å². The van der Waals surface area contributed by atoms with Gasteiger partial charge in [0.2, 0.25) is 0 Å². The molecule has 0 aliphatic carbocycles. The molecule has 1 aromatic rings. The summed E-state index contributed by atoms with van der Waals surface area (Å²) in [6.45, 7) is 8.67. The van der Waals surface area contributed by atoms with E-state index in [0.29, 0.717) is 30.7 Å². The van der Waals surface area contributed by atoms with Crippen LogP contribution in [0, 0.1) is 0 Å². The first-order valence-electron chi connectivity index (χ1n) is 8.36. The molecule has 0 bridgehead atoms. The van der Waals surface area contributed by atoms with Crippen molar-refractivity contribution >= 4 is 17.5 Å². The second-order valence-corrected chi connectivity index (χ2v) is 5.78. The highest BCUT2D eigenvalue weighted by molar-refractivity contribution is 6.12. The minimum absolute atomic E-state index is 0.309. The molecule has 3 amide bonds. The van der Waals surface area contributed by atoms with Crippen LogP contribution in [0.3, 0.4) is 0 Å². The van der Waals surface area contributed by atoms with Gasteiger partial charge in [-0.2, -0.15) is 0 Å². The van der Waals surface area contributed by atoms with Gasteiger partial charge in [-0.25, -0.2) is 4.79 Å². The van der Waals surface area contributed by atoms with E-state index in [-0.39, 0.29) is 11.9 Å². The monoisotopic (exact) mass is 327 g/mol. The number of benzene rings is 1. The summed E-state index contributed by atoms with van der Waals surface area (Å²) in [6, 6.07) is 9.22. The van der Waals surface area contributed by atoms with Crippen LogP contribution in [0.5, 0.6) is 0 Å². The number of urea groups is 1. The molecule has 5 nitrogen and oxygen atoms in total. The lowest BCUT2D eigenvalue weighted by atomic mass is 9.95. The van der Waals surface area contributed by atoms with Crippen molar-refractivity contribution in [1.29, 1.82) is 0 Å². The number of allylic oxidation sites excluding steroid dienone is 2.